The fourth-order valence-corrected chi connectivity index (χ4v) is 0.434. The molecule has 0 rings (SSSR count). The molecule has 0 aliphatic carbocycles. The van der Waals surface area contributed by atoms with Crippen LogP contribution in [-0.4, -0.2) is 13.0 Å². The van der Waals surface area contributed by atoms with Crippen LogP contribution in [0.3, 0.4) is 0 Å². The van der Waals surface area contributed by atoms with Gasteiger partial charge in [0.1, 0.15) is 0 Å². The van der Waals surface area contributed by atoms with E-state index < -0.39 is 0 Å². The third-order valence-corrected chi connectivity index (χ3v) is 1.00. The zero-order valence-corrected chi connectivity index (χ0v) is 5.50. The lowest BCUT2D eigenvalue weighted by molar-refractivity contribution is 0.393. The van der Waals surface area contributed by atoms with E-state index in [0.717, 1.165) is 0 Å². The van der Waals surface area contributed by atoms with Crippen molar-refractivity contribution in [2.45, 2.75) is 0 Å². The van der Waals surface area contributed by atoms with E-state index in [4.69, 9.17) is 5.41 Å². The highest BCUT2D eigenvalue weighted by atomic mass is 16.5. The molecule has 0 saturated heterocycles. The van der Waals surface area contributed by atoms with Crippen molar-refractivity contribution < 1.29 is 4.74 Å². The van der Waals surface area contributed by atoms with E-state index >= 15 is 0 Å². The van der Waals surface area contributed by atoms with Crippen LogP contribution < -0.4 is 0 Å². The van der Waals surface area contributed by atoms with Crippen molar-refractivity contribution in [1.82, 2.24) is 0 Å². The van der Waals surface area contributed by atoms with Gasteiger partial charge in [0.15, 0.2) is 0 Å². The second kappa shape index (κ2) is 3.89. The summed E-state index contributed by atoms with van der Waals surface area (Å²) in [5.41, 5.74) is 0. The quantitative estimate of drug-likeness (QED) is 0.319. The van der Waals surface area contributed by atoms with Crippen molar-refractivity contribution in [1.29, 1.82) is 0 Å². The van der Waals surface area contributed by atoms with Gasteiger partial charge in [-0.05, 0) is 5.90 Å². The summed E-state index contributed by atoms with van der Waals surface area (Å²) in [4.78, 5) is 0. The summed E-state index contributed by atoms with van der Waals surface area (Å²) in [6, 6.07) is 0. The normalized spacial score (nSPS) is 8.67. The molecule has 50 valence electrons. The Hall–Kier alpha value is -1.05. The van der Waals surface area contributed by atoms with Crippen LogP contribution in [0.5, 0.6) is 0 Å². The molecule has 0 aliphatic heterocycles. The van der Waals surface area contributed by atoms with Crippen LogP contribution in [0, 0.1) is 5.92 Å². The number of rotatable bonds is 3. The highest BCUT2D eigenvalue weighted by Gasteiger charge is 1.95. The zero-order chi connectivity index (χ0) is 7.28. The number of methoxy groups -OCH3 is 1. The van der Waals surface area contributed by atoms with Gasteiger partial charge in [-0.1, -0.05) is 12.2 Å². The monoisotopic (exact) mass is 124 g/mol. The molecule has 0 aliphatic rings. The molecule has 0 saturated carbocycles. The van der Waals surface area contributed by atoms with Crippen LogP contribution >= 0.6 is 0 Å². The Bertz CT molecular complexity index is 121. The van der Waals surface area contributed by atoms with Gasteiger partial charge in [-0.3, -0.25) is 0 Å². The third-order valence-electron chi connectivity index (χ3n) is 1.00. The molecule has 0 radical (unpaired) electrons. The molecule has 2 nitrogen and oxygen atoms in total. The average Bonchev–Trinajstić information content (AvgIpc) is 1.90. The SMILES string of the molecule is C=CC(C=C)C(=[N-])OC. The second-order valence-corrected chi connectivity index (χ2v) is 1.54. The molecule has 0 aromatic rings. The van der Waals surface area contributed by atoms with Gasteiger partial charge < -0.3 is 10.1 Å². The molecule has 0 aromatic heterocycles. The lowest BCUT2D eigenvalue weighted by Crippen LogP contribution is -2.08. The van der Waals surface area contributed by atoms with Crippen LogP contribution in [0.15, 0.2) is 25.3 Å². The molecule has 0 fully saturated rings. The van der Waals surface area contributed by atoms with Crippen LogP contribution in [-0.2, 0) is 4.74 Å². The molecule has 9 heavy (non-hydrogen) atoms. The second-order valence-electron chi connectivity index (χ2n) is 1.54. The largest absolute Gasteiger partial charge is 0.775 e. The number of ether oxygens (including phenoxy) is 1. The predicted molar refractivity (Wildman–Crippen MR) is 39.3 cm³/mol. The Morgan fingerprint density at radius 1 is 1.56 bits per heavy atom. The third kappa shape index (κ3) is 2.13. The fraction of sp³-hybridized carbons (Fsp3) is 0.286. The summed E-state index contributed by atoms with van der Waals surface area (Å²) in [5, 5.41) is 8.87. The Morgan fingerprint density at radius 2 is 2.00 bits per heavy atom. The van der Waals surface area contributed by atoms with Gasteiger partial charge >= 0.3 is 0 Å². The smallest absolute Gasteiger partial charge is 0.0743 e. The van der Waals surface area contributed by atoms with Gasteiger partial charge in [0.05, 0.1) is 7.11 Å². The van der Waals surface area contributed by atoms with Crippen molar-refractivity contribution in [3.63, 3.8) is 0 Å². The summed E-state index contributed by atoms with van der Waals surface area (Å²) in [7, 11) is 1.40. The van der Waals surface area contributed by atoms with Crippen LogP contribution in [0.25, 0.3) is 5.41 Å². The number of hydrogen-bond acceptors (Lipinski definition) is 1. The molecule has 0 bridgehead atoms. The maximum Gasteiger partial charge on any atom is 0.0743 e. The van der Waals surface area contributed by atoms with E-state index in [9.17, 15) is 0 Å². The molecular formula is C7H10NO-. The Balaban J connectivity index is 3.93. The molecule has 0 aromatic carbocycles. The first kappa shape index (κ1) is 7.95. The maximum absolute atomic E-state index is 8.87. The maximum atomic E-state index is 8.87. The minimum atomic E-state index is -0.255. The Morgan fingerprint density at radius 3 is 2.11 bits per heavy atom. The molecule has 0 atom stereocenters. The van der Waals surface area contributed by atoms with Crippen LogP contribution in [0.1, 0.15) is 0 Å². The molecule has 2 heteroatoms. The average molecular weight is 124 g/mol. The lowest BCUT2D eigenvalue weighted by Gasteiger charge is -2.15. The van der Waals surface area contributed by atoms with Crippen LogP contribution in [0.4, 0.5) is 0 Å². The fourth-order valence-electron chi connectivity index (χ4n) is 0.434. The van der Waals surface area contributed by atoms with E-state index in [1.54, 1.807) is 12.2 Å². The molecule has 0 amide bonds. The van der Waals surface area contributed by atoms with Gasteiger partial charge in [-0.2, -0.15) is 0 Å². The molecular weight excluding hydrogens is 114 g/mol. The van der Waals surface area contributed by atoms with Gasteiger partial charge in [0.2, 0.25) is 0 Å². The van der Waals surface area contributed by atoms with Crippen molar-refractivity contribution in [3.05, 3.63) is 30.7 Å². The van der Waals surface area contributed by atoms with E-state index in [0.29, 0.717) is 0 Å². The minimum absolute atomic E-state index is 0.0694. The van der Waals surface area contributed by atoms with Gasteiger partial charge in [0, 0.05) is 5.92 Å². The first-order valence-corrected chi connectivity index (χ1v) is 2.61. The molecule has 0 heterocycles. The Labute approximate surface area is 55.3 Å². The number of hydrogen-bond donors (Lipinski definition) is 0. The standard InChI is InChI=1S/C7H10NO/c1-4-6(5-2)7(8)9-3/h4-6H,1-2H2,3H3/q-1. The summed E-state index contributed by atoms with van der Waals surface area (Å²) >= 11 is 0. The highest BCUT2D eigenvalue weighted by Crippen LogP contribution is 2.00. The highest BCUT2D eigenvalue weighted by molar-refractivity contribution is 5.84. The van der Waals surface area contributed by atoms with Gasteiger partial charge in [0.25, 0.3) is 0 Å². The molecule has 0 spiro atoms. The summed E-state index contributed by atoms with van der Waals surface area (Å²) < 4.78 is 4.52. The van der Waals surface area contributed by atoms with Crippen molar-refractivity contribution >= 4 is 5.90 Å². The first-order valence-electron chi connectivity index (χ1n) is 2.61. The van der Waals surface area contributed by atoms with Crippen molar-refractivity contribution in [3.8, 4) is 0 Å². The van der Waals surface area contributed by atoms with Crippen molar-refractivity contribution in [2.75, 3.05) is 7.11 Å². The van der Waals surface area contributed by atoms with E-state index in [1.165, 1.54) is 7.11 Å². The summed E-state index contributed by atoms with van der Waals surface area (Å²) in [6.07, 6.45) is 3.09. The van der Waals surface area contributed by atoms with Gasteiger partial charge in [-0.15, -0.1) is 13.2 Å². The topological polar surface area (TPSA) is 31.5 Å². The zero-order valence-electron chi connectivity index (χ0n) is 5.50. The van der Waals surface area contributed by atoms with Gasteiger partial charge in [-0.25, -0.2) is 0 Å². The van der Waals surface area contributed by atoms with Crippen molar-refractivity contribution in [2.24, 2.45) is 5.92 Å². The van der Waals surface area contributed by atoms with Crippen LogP contribution in [0.2, 0.25) is 0 Å². The first-order chi connectivity index (χ1) is 4.26. The minimum Gasteiger partial charge on any atom is -0.775 e. The lowest BCUT2D eigenvalue weighted by atomic mass is 10.1. The summed E-state index contributed by atoms with van der Waals surface area (Å²) in [5.74, 6) is -0.324. The summed E-state index contributed by atoms with van der Waals surface area (Å²) in [6.45, 7) is 6.94. The number of nitrogens with zero attached hydrogens (tertiary/aromatic N) is 1. The predicted octanol–water partition coefficient (Wildman–Crippen LogP) is 1.59. The van der Waals surface area contributed by atoms with E-state index in [2.05, 4.69) is 17.9 Å². The molecule has 0 unspecified atom stereocenters. The van der Waals surface area contributed by atoms with E-state index in [1.807, 2.05) is 0 Å². The van der Waals surface area contributed by atoms with E-state index in [-0.39, 0.29) is 11.8 Å². The Kier molecular flexibility index (Phi) is 3.44. The molecule has 0 N–H and O–H groups in total.